The lowest BCUT2D eigenvalue weighted by Crippen LogP contribution is -1.77. The normalized spacial score (nSPS) is 10.1. The first kappa shape index (κ1) is 9.96. The average Bonchev–Trinajstić information content (AvgIpc) is 1.99. The van der Waals surface area contributed by atoms with Gasteiger partial charge in [0.1, 0.15) is 0 Å². The summed E-state index contributed by atoms with van der Waals surface area (Å²) in [5, 5.41) is 1.35. The highest BCUT2D eigenvalue weighted by atomic mass is 127. The van der Waals surface area contributed by atoms with Crippen LogP contribution in [0.25, 0.3) is 0 Å². The van der Waals surface area contributed by atoms with Gasteiger partial charge in [-0.05, 0) is 34.7 Å². The van der Waals surface area contributed by atoms with Gasteiger partial charge < -0.3 is 0 Å². The van der Waals surface area contributed by atoms with Crippen molar-refractivity contribution in [2.45, 2.75) is 4.90 Å². The number of halogens is 3. The Hall–Kier alpha value is 0.880. The molecular formula is C7H5Cl2IS. The first-order valence-corrected chi connectivity index (χ1v) is 5.86. The quantitative estimate of drug-likeness (QED) is 0.446. The fourth-order valence-corrected chi connectivity index (χ4v) is 2.51. The number of rotatable bonds is 2. The highest BCUT2D eigenvalue weighted by Crippen LogP contribution is 2.30. The molecule has 60 valence electrons. The van der Waals surface area contributed by atoms with Gasteiger partial charge in [-0.3, -0.25) is 0 Å². The Balaban J connectivity index is 2.96. The van der Waals surface area contributed by atoms with Gasteiger partial charge in [0.15, 0.2) is 0 Å². The van der Waals surface area contributed by atoms with E-state index in [9.17, 15) is 0 Å². The molecule has 0 bridgehead atoms. The van der Waals surface area contributed by atoms with Crippen LogP contribution in [0.4, 0.5) is 0 Å². The van der Waals surface area contributed by atoms with Crippen molar-refractivity contribution < 1.29 is 0 Å². The van der Waals surface area contributed by atoms with Gasteiger partial charge in [0, 0.05) is 8.47 Å². The molecule has 0 aliphatic carbocycles. The van der Waals surface area contributed by atoms with E-state index in [-0.39, 0.29) is 0 Å². The van der Waals surface area contributed by atoms with Gasteiger partial charge in [0.2, 0.25) is 0 Å². The van der Waals surface area contributed by atoms with Gasteiger partial charge in [0.25, 0.3) is 0 Å². The largest absolute Gasteiger partial charge is 0.114 e. The Bertz CT molecular complexity index is 252. The van der Waals surface area contributed by atoms with Crippen molar-refractivity contribution in [1.29, 1.82) is 0 Å². The summed E-state index contributed by atoms with van der Waals surface area (Å²) >= 11 is 15.3. The average molecular weight is 319 g/mol. The van der Waals surface area contributed by atoms with Gasteiger partial charge in [-0.2, -0.15) is 0 Å². The third-order valence-corrected chi connectivity index (χ3v) is 3.95. The molecule has 0 unspecified atom stereocenters. The molecular weight excluding hydrogens is 314 g/mol. The minimum Gasteiger partial charge on any atom is -0.114 e. The molecule has 0 saturated carbocycles. The number of hydrogen-bond donors (Lipinski definition) is 0. The van der Waals surface area contributed by atoms with E-state index in [4.69, 9.17) is 23.2 Å². The first-order valence-electron chi connectivity index (χ1n) is 2.88. The van der Waals surface area contributed by atoms with E-state index in [2.05, 4.69) is 22.6 Å². The highest BCUT2D eigenvalue weighted by molar-refractivity contribution is 14.1. The second kappa shape index (κ2) is 4.80. The maximum atomic E-state index is 5.99. The molecule has 0 radical (unpaired) electrons. The molecule has 0 amide bonds. The number of benzene rings is 1. The van der Waals surface area contributed by atoms with Crippen molar-refractivity contribution in [3.8, 4) is 0 Å². The van der Waals surface area contributed by atoms with Crippen molar-refractivity contribution in [1.82, 2.24) is 0 Å². The van der Waals surface area contributed by atoms with E-state index in [1.165, 1.54) is 0 Å². The summed E-state index contributed by atoms with van der Waals surface area (Å²) in [5.74, 6) is 0. The molecule has 11 heavy (non-hydrogen) atoms. The Morgan fingerprint density at radius 1 is 1.45 bits per heavy atom. The van der Waals surface area contributed by atoms with Crippen LogP contribution in [0.15, 0.2) is 23.1 Å². The van der Waals surface area contributed by atoms with Gasteiger partial charge in [-0.15, -0.1) is 23.4 Å². The summed E-state index contributed by atoms with van der Waals surface area (Å²) in [6.45, 7) is 0. The molecule has 0 aromatic heterocycles. The molecule has 0 spiro atoms. The lowest BCUT2D eigenvalue weighted by atomic mass is 10.4. The Labute approximate surface area is 93.8 Å². The zero-order chi connectivity index (χ0) is 8.27. The summed E-state index contributed by atoms with van der Waals surface area (Å²) in [6.07, 6.45) is 0. The molecule has 0 heterocycles. The number of hydrogen-bond acceptors (Lipinski definition) is 1. The SMILES string of the molecule is ClCSc1cccc(I)c1Cl. The van der Waals surface area contributed by atoms with E-state index in [1.54, 1.807) is 11.8 Å². The van der Waals surface area contributed by atoms with Gasteiger partial charge in [-0.1, -0.05) is 17.7 Å². The van der Waals surface area contributed by atoms with E-state index in [0.717, 1.165) is 13.5 Å². The van der Waals surface area contributed by atoms with Crippen LogP contribution in [0.2, 0.25) is 5.02 Å². The molecule has 0 nitrogen and oxygen atoms in total. The van der Waals surface area contributed by atoms with Gasteiger partial charge in [0.05, 0.1) is 10.2 Å². The lowest BCUT2D eigenvalue weighted by molar-refractivity contribution is 1.43. The molecule has 0 N–H and O–H groups in total. The Morgan fingerprint density at radius 3 is 2.82 bits per heavy atom. The van der Waals surface area contributed by atoms with Crippen molar-refractivity contribution in [2.75, 3.05) is 5.21 Å². The predicted octanol–water partition coefficient (Wildman–Crippen LogP) is 4.23. The minimum atomic E-state index is 0.541. The van der Waals surface area contributed by atoms with Crippen LogP contribution in [0.1, 0.15) is 0 Å². The van der Waals surface area contributed by atoms with Crippen molar-refractivity contribution in [2.24, 2.45) is 0 Å². The van der Waals surface area contributed by atoms with Gasteiger partial charge >= 0.3 is 0 Å². The summed E-state index contributed by atoms with van der Waals surface area (Å²) < 4.78 is 1.07. The maximum absolute atomic E-state index is 5.99. The maximum Gasteiger partial charge on any atom is 0.0728 e. The fourth-order valence-electron chi connectivity index (χ4n) is 0.654. The van der Waals surface area contributed by atoms with Crippen molar-refractivity contribution >= 4 is 57.6 Å². The van der Waals surface area contributed by atoms with Crippen LogP contribution in [0.5, 0.6) is 0 Å². The summed E-state index contributed by atoms with van der Waals surface area (Å²) in [5.41, 5.74) is 0. The zero-order valence-corrected chi connectivity index (χ0v) is 9.97. The third kappa shape index (κ3) is 2.68. The van der Waals surface area contributed by atoms with Crippen LogP contribution in [-0.2, 0) is 0 Å². The molecule has 0 fully saturated rings. The monoisotopic (exact) mass is 318 g/mol. The topological polar surface area (TPSA) is 0 Å². The molecule has 0 saturated heterocycles. The second-order valence-electron chi connectivity index (χ2n) is 1.81. The van der Waals surface area contributed by atoms with E-state index < -0.39 is 0 Å². The molecule has 1 rings (SSSR count). The van der Waals surface area contributed by atoms with Crippen LogP contribution >= 0.6 is 57.6 Å². The van der Waals surface area contributed by atoms with Crippen molar-refractivity contribution in [3.05, 3.63) is 26.8 Å². The van der Waals surface area contributed by atoms with E-state index in [0.29, 0.717) is 5.21 Å². The standard InChI is InChI=1S/C7H5Cl2IS/c8-4-11-6-3-1-2-5(10)7(6)9/h1-3H,4H2. The van der Waals surface area contributed by atoms with E-state index >= 15 is 0 Å². The van der Waals surface area contributed by atoms with Gasteiger partial charge in [-0.25, -0.2) is 0 Å². The lowest BCUT2D eigenvalue weighted by Gasteiger charge is -2.01. The van der Waals surface area contributed by atoms with E-state index in [1.807, 2.05) is 18.2 Å². The van der Waals surface area contributed by atoms with Crippen LogP contribution in [-0.4, -0.2) is 5.21 Å². The Kier molecular flexibility index (Phi) is 4.34. The zero-order valence-electron chi connectivity index (χ0n) is 5.48. The number of thioether (sulfide) groups is 1. The molecule has 0 atom stereocenters. The summed E-state index contributed by atoms with van der Waals surface area (Å²) in [4.78, 5) is 1.05. The molecule has 4 heteroatoms. The fraction of sp³-hybridized carbons (Fsp3) is 0.143. The first-order chi connectivity index (χ1) is 5.25. The second-order valence-corrected chi connectivity index (χ2v) is 4.95. The highest BCUT2D eigenvalue weighted by Gasteiger charge is 2.02. The predicted molar refractivity (Wildman–Crippen MR) is 60.7 cm³/mol. The van der Waals surface area contributed by atoms with Crippen LogP contribution in [0, 0.1) is 3.57 Å². The third-order valence-electron chi connectivity index (χ3n) is 1.13. The van der Waals surface area contributed by atoms with Crippen molar-refractivity contribution in [3.63, 3.8) is 0 Å². The molecule has 0 aliphatic heterocycles. The smallest absolute Gasteiger partial charge is 0.0728 e. The Morgan fingerprint density at radius 2 is 2.18 bits per heavy atom. The minimum absolute atomic E-state index is 0.541. The van der Waals surface area contributed by atoms with Crippen LogP contribution in [0.3, 0.4) is 0 Å². The molecule has 1 aromatic rings. The summed E-state index contributed by atoms with van der Waals surface area (Å²) in [6, 6.07) is 5.92. The molecule has 0 aliphatic rings. The van der Waals surface area contributed by atoms with Crippen LogP contribution < -0.4 is 0 Å². The molecule has 1 aromatic carbocycles. The summed E-state index contributed by atoms with van der Waals surface area (Å²) in [7, 11) is 0. The number of alkyl halides is 1.